The molecule has 6 nitrogen and oxygen atoms in total. The minimum Gasteiger partial charge on any atom is -0.477 e. The number of amides is 1. The molecular formula is C26H17F3N2O4. The van der Waals surface area contributed by atoms with Gasteiger partial charge in [-0.05, 0) is 47.5 Å². The van der Waals surface area contributed by atoms with Gasteiger partial charge in [0.15, 0.2) is 5.75 Å². The average Bonchev–Trinajstić information content (AvgIpc) is 2.85. The molecule has 1 heterocycles. The summed E-state index contributed by atoms with van der Waals surface area (Å²) in [5.41, 5.74) is -0.975. The van der Waals surface area contributed by atoms with Gasteiger partial charge in [-0.15, -0.1) is 0 Å². The summed E-state index contributed by atoms with van der Waals surface area (Å²) < 4.78 is 48.1. The van der Waals surface area contributed by atoms with Crippen LogP contribution in [-0.4, -0.2) is 22.0 Å². The van der Waals surface area contributed by atoms with E-state index in [4.69, 9.17) is 9.84 Å². The number of rotatable bonds is 6. The number of aromatic carboxylic acids is 1. The van der Waals surface area contributed by atoms with Gasteiger partial charge < -0.3 is 15.2 Å². The number of carboxylic acids is 1. The smallest absolute Gasteiger partial charge is 0.420 e. The minimum absolute atomic E-state index is 0.101. The summed E-state index contributed by atoms with van der Waals surface area (Å²) in [7, 11) is 0. The second-order valence-electron chi connectivity index (χ2n) is 7.37. The molecule has 1 aromatic heterocycles. The van der Waals surface area contributed by atoms with Crippen molar-refractivity contribution in [2.45, 2.75) is 6.18 Å². The Labute approximate surface area is 197 Å². The highest BCUT2D eigenvalue weighted by atomic mass is 19.4. The number of aromatic nitrogens is 1. The number of benzene rings is 3. The number of pyridine rings is 1. The van der Waals surface area contributed by atoms with Crippen molar-refractivity contribution < 1.29 is 32.6 Å². The van der Waals surface area contributed by atoms with Crippen LogP contribution in [0.2, 0.25) is 0 Å². The summed E-state index contributed by atoms with van der Waals surface area (Å²) in [6.07, 6.45) is -3.72. The van der Waals surface area contributed by atoms with Crippen LogP contribution in [0.3, 0.4) is 0 Å². The number of alkyl halides is 3. The molecule has 0 atom stereocenters. The first-order valence-electron chi connectivity index (χ1n) is 10.3. The van der Waals surface area contributed by atoms with Gasteiger partial charge >= 0.3 is 12.1 Å². The van der Waals surface area contributed by atoms with Gasteiger partial charge in [-0.25, -0.2) is 9.78 Å². The second-order valence-corrected chi connectivity index (χ2v) is 7.37. The molecule has 0 aliphatic heterocycles. The van der Waals surface area contributed by atoms with Crippen molar-refractivity contribution in [2.24, 2.45) is 0 Å². The summed E-state index contributed by atoms with van der Waals surface area (Å²) in [5, 5.41) is 11.5. The standard InChI is InChI=1S/C26H17F3N2O4/c27-26(28,29)21-14-17(16-7-3-1-4-8-16)13-20(23(21)35-19-9-5-2-6-10-19)24(32)31-18-11-12-22(25(33)34)30-15-18/h1-15H,(H,31,32)(H,33,34). The van der Waals surface area contributed by atoms with E-state index in [-0.39, 0.29) is 28.3 Å². The quantitative estimate of drug-likeness (QED) is 0.330. The molecule has 4 aromatic rings. The van der Waals surface area contributed by atoms with E-state index in [1.807, 2.05) is 0 Å². The fourth-order valence-corrected chi connectivity index (χ4v) is 3.31. The van der Waals surface area contributed by atoms with Crippen molar-refractivity contribution in [3.63, 3.8) is 0 Å². The van der Waals surface area contributed by atoms with Gasteiger partial charge in [0.1, 0.15) is 11.4 Å². The molecule has 176 valence electrons. The molecule has 3 aromatic carbocycles. The summed E-state index contributed by atoms with van der Waals surface area (Å²) in [6.45, 7) is 0. The Morgan fingerprint density at radius 2 is 1.51 bits per heavy atom. The molecule has 2 N–H and O–H groups in total. The van der Waals surface area contributed by atoms with E-state index in [9.17, 15) is 22.8 Å². The lowest BCUT2D eigenvalue weighted by Gasteiger charge is -2.19. The van der Waals surface area contributed by atoms with Gasteiger partial charge in [0.05, 0.1) is 23.0 Å². The van der Waals surface area contributed by atoms with E-state index in [2.05, 4.69) is 10.3 Å². The zero-order valence-corrected chi connectivity index (χ0v) is 17.9. The third-order valence-electron chi connectivity index (χ3n) is 4.95. The number of anilines is 1. The van der Waals surface area contributed by atoms with Crippen molar-refractivity contribution in [3.05, 3.63) is 108 Å². The molecule has 0 unspecified atom stereocenters. The highest BCUT2D eigenvalue weighted by Gasteiger charge is 2.37. The van der Waals surface area contributed by atoms with E-state index in [0.717, 1.165) is 12.3 Å². The van der Waals surface area contributed by atoms with Crippen molar-refractivity contribution >= 4 is 17.6 Å². The summed E-state index contributed by atoms with van der Waals surface area (Å²) in [6, 6.07) is 20.9. The van der Waals surface area contributed by atoms with Gasteiger partial charge in [-0.3, -0.25) is 4.79 Å². The Balaban J connectivity index is 1.84. The SMILES string of the molecule is O=C(O)c1ccc(NC(=O)c2cc(-c3ccccc3)cc(C(F)(F)F)c2Oc2ccccc2)cn1. The molecule has 0 aliphatic carbocycles. The highest BCUT2D eigenvalue weighted by Crippen LogP contribution is 2.43. The third-order valence-corrected chi connectivity index (χ3v) is 4.95. The summed E-state index contributed by atoms with van der Waals surface area (Å²) >= 11 is 0. The van der Waals surface area contributed by atoms with Crippen molar-refractivity contribution in [1.29, 1.82) is 0 Å². The van der Waals surface area contributed by atoms with Crippen LogP contribution in [-0.2, 0) is 6.18 Å². The lowest BCUT2D eigenvalue weighted by Crippen LogP contribution is -2.17. The molecule has 0 saturated heterocycles. The molecule has 4 rings (SSSR count). The molecule has 0 radical (unpaired) electrons. The molecule has 1 amide bonds. The second kappa shape index (κ2) is 9.68. The van der Waals surface area contributed by atoms with E-state index in [1.54, 1.807) is 48.5 Å². The largest absolute Gasteiger partial charge is 0.477 e. The van der Waals surface area contributed by atoms with Crippen molar-refractivity contribution in [1.82, 2.24) is 4.98 Å². The number of carbonyl (C=O) groups excluding carboxylic acids is 1. The Hall–Kier alpha value is -4.66. The zero-order valence-electron chi connectivity index (χ0n) is 17.9. The third kappa shape index (κ3) is 5.47. The van der Waals surface area contributed by atoms with Crippen LogP contribution in [0.4, 0.5) is 18.9 Å². The number of carboxylic acid groups (broad SMARTS) is 1. The van der Waals surface area contributed by atoms with Gasteiger partial charge in [-0.2, -0.15) is 13.2 Å². The minimum atomic E-state index is -4.82. The van der Waals surface area contributed by atoms with E-state index < -0.39 is 29.4 Å². The van der Waals surface area contributed by atoms with Crippen LogP contribution in [0.1, 0.15) is 26.4 Å². The first kappa shape index (κ1) is 23.5. The Bertz CT molecular complexity index is 1360. The fourth-order valence-electron chi connectivity index (χ4n) is 3.31. The Kier molecular flexibility index (Phi) is 6.50. The lowest BCUT2D eigenvalue weighted by atomic mass is 9.97. The van der Waals surface area contributed by atoms with Gasteiger partial charge in [0, 0.05) is 0 Å². The average molecular weight is 478 g/mol. The maximum absolute atomic E-state index is 14.2. The summed E-state index contributed by atoms with van der Waals surface area (Å²) in [5.74, 6) is -2.68. The topological polar surface area (TPSA) is 88.5 Å². The van der Waals surface area contributed by atoms with E-state index in [1.165, 1.54) is 30.3 Å². The molecule has 35 heavy (non-hydrogen) atoms. The molecular weight excluding hydrogens is 461 g/mol. The van der Waals surface area contributed by atoms with Crippen LogP contribution < -0.4 is 10.1 Å². The molecule has 0 aliphatic rings. The number of halogens is 3. The Morgan fingerprint density at radius 3 is 2.09 bits per heavy atom. The van der Waals surface area contributed by atoms with Crippen LogP contribution >= 0.6 is 0 Å². The van der Waals surface area contributed by atoms with Crippen LogP contribution in [0.5, 0.6) is 11.5 Å². The highest BCUT2D eigenvalue weighted by molar-refractivity contribution is 6.07. The Morgan fingerprint density at radius 1 is 0.857 bits per heavy atom. The molecule has 0 spiro atoms. The predicted molar refractivity (Wildman–Crippen MR) is 123 cm³/mol. The number of nitrogens with one attached hydrogen (secondary N) is 1. The van der Waals surface area contributed by atoms with Gasteiger partial charge in [-0.1, -0.05) is 48.5 Å². The lowest BCUT2D eigenvalue weighted by molar-refractivity contribution is -0.138. The van der Waals surface area contributed by atoms with Gasteiger partial charge in [0.2, 0.25) is 0 Å². The van der Waals surface area contributed by atoms with Crippen molar-refractivity contribution in [3.8, 4) is 22.6 Å². The van der Waals surface area contributed by atoms with E-state index >= 15 is 0 Å². The maximum atomic E-state index is 14.2. The van der Waals surface area contributed by atoms with Crippen LogP contribution in [0.25, 0.3) is 11.1 Å². The number of nitrogens with zero attached hydrogens (tertiary/aromatic N) is 1. The monoisotopic (exact) mass is 478 g/mol. The number of hydrogen-bond acceptors (Lipinski definition) is 4. The number of hydrogen-bond donors (Lipinski definition) is 2. The van der Waals surface area contributed by atoms with Crippen LogP contribution in [0.15, 0.2) is 91.1 Å². The fraction of sp³-hybridized carbons (Fsp3) is 0.0385. The maximum Gasteiger partial charge on any atom is 0.420 e. The molecule has 0 bridgehead atoms. The van der Waals surface area contributed by atoms with Crippen LogP contribution in [0, 0.1) is 0 Å². The molecule has 0 saturated carbocycles. The number of para-hydroxylation sites is 1. The van der Waals surface area contributed by atoms with Gasteiger partial charge in [0.25, 0.3) is 5.91 Å². The summed E-state index contributed by atoms with van der Waals surface area (Å²) in [4.78, 5) is 27.9. The first-order valence-corrected chi connectivity index (χ1v) is 10.3. The molecule has 0 fully saturated rings. The number of carbonyl (C=O) groups is 2. The predicted octanol–water partition coefficient (Wildman–Crippen LogP) is 6.51. The normalized spacial score (nSPS) is 11.1. The first-order chi connectivity index (χ1) is 16.7. The van der Waals surface area contributed by atoms with Crippen molar-refractivity contribution in [2.75, 3.05) is 5.32 Å². The number of ether oxygens (including phenoxy) is 1. The molecule has 9 heteroatoms. The van der Waals surface area contributed by atoms with E-state index in [0.29, 0.717) is 5.56 Å². The zero-order chi connectivity index (χ0) is 25.0.